The van der Waals surface area contributed by atoms with Crippen LogP contribution >= 0.6 is 0 Å². The zero-order chi connectivity index (χ0) is 8.69. The SMILES string of the molecule is C=C/C=C\C(=N\NN)C(=C)C. The molecule has 0 fully saturated rings. The van der Waals surface area contributed by atoms with E-state index in [-0.39, 0.29) is 0 Å². The highest BCUT2D eigenvalue weighted by Gasteiger charge is 1.91. The molecule has 0 radical (unpaired) electrons. The molecule has 0 atom stereocenters. The van der Waals surface area contributed by atoms with Gasteiger partial charge in [0, 0.05) is 0 Å². The number of hydrogen-bond donors (Lipinski definition) is 2. The maximum absolute atomic E-state index is 5.00. The van der Waals surface area contributed by atoms with Gasteiger partial charge in [0.2, 0.25) is 0 Å². The number of hydrazone groups is 1. The minimum absolute atomic E-state index is 0.715. The van der Waals surface area contributed by atoms with Crippen molar-refractivity contribution in [2.45, 2.75) is 6.92 Å². The second-order valence-electron chi connectivity index (χ2n) is 2.00. The Labute approximate surface area is 67.0 Å². The number of nitrogens with zero attached hydrogens (tertiary/aromatic N) is 1. The summed E-state index contributed by atoms with van der Waals surface area (Å²) in [5.74, 6) is 5.00. The molecule has 3 heteroatoms. The van der Waals surface area contributed by atoms with Gasteiger partial charge in [-0.3, -0.25) is 0 Å². The Bertz CT molecular complexity index is 201. The van der Waals surface area contributed by atoms with Crippen LogP contribution in [0.1, 0.15) is 6.92 Å². The van der Waals surface area contributed by atoms with E-state index in [1.807, 2.05) is 6.92 Å². The van der Waals surface area contributed by atoms with E-state index in [0.29, 0.717) is 5.71 Å². The van der Waals surface area contributed by atoms with Crippen molar-refractivity contribution in [3.8, 4) is 0 Å². The highest BCUT2D eigenvalue weighted by atomic mass is 15.5. The largest absolute Gasteiger partial charge is 0.245 e. The standard InChI is InChI=1S/C8H13N3/c1-4-5-6-8(7(2)3)10-11-9/h4-6,11H,1-2,9H2,3H3/b6-5-,10-8-. The van der Waals surface area contributed by atoms with E-state index < -0.39 is 0 Å². The van der Waals surface area contributed by atoms with Crippen molar-refractivity contribution in [2.24, 2.45) is 10.9 Å². The molecule has 3 N–H and O–H groups in total. The second kappa shape index (κ2) is 5.44. The van der Waals surface area contributed by atoms with Gasteiger partial charge in [-0.2, -0.15) is 5.10 Å². The molecule has 0 aliphatic carbocycles. The summed E-state index contributed by atoms with van der Waals surface area (Å²) in [6, 6.07) is 0. The fraction of sp³-hybridized carbons (Fsp3) is 0.125. The molecule has 0 aromatic rings. The summed E-state index contributed by atoms with van der Waals surface area (Å²) in [4.78, 5) is 0. The number of hydrazine groups is 1. The van der Waals surface area contributed by atoms with Gasteiger partial charge in [0.15, 0.2) is 0 Å². The Morgan fingerprint density at radius 2 is 2.27 bits per heavy atom. The normalized spacial score (nSPS) is 11.6. The first-order valence-electron chi connectivity index (χ1n) is 3.20. The first kappa shape index (κ1) is 9.65. The van der Waals surface area contributed by atoms with Crippen LogP contribution in [0.3, 0.4) is 0 Å². The molecule has 0 rings (SSSR count). The predicted octanol–water partition coefficient (Wildman–Crippen LogP) is 1.12. The van der Waals surface area contributed by atoms with Gasteiger partial charge in [-0.1, -0.05) is 25.3 Å². The summed E-state index contributed by atoms with van der Waals surface area (Å²) in [6.45, 7) is 9.09. The van der Waals surface area contributed by atoms with Crippen LogP contribution in [0.2, 0.25) is 0 Å². The van der Waals surface area contributed by atoms with E-state index in [2.05, 4.69) is 23.8 Å². The third-order valence-electron chi connectivity index (χ3n) is 1.01. The number of rotatable bonds is 4. The first-order chi connectivity index (χ1) is 5.22. The van der Waals surface area contributed by atoms with Crippen LogP contribution in [-0.2, 0) is 0 Å². The highest BCUT2D eigenvalue weighted by molar-refractivity contribution is 6.07. The fourth-order valence-electron chi connectivity index (χ4n) is 0.504. The van der Waals surface area contributed by atoms with Gasteiger partial charge in [-0.25, -0.2) is 11.4 Å². The van der Waals surface area contributed by atoms with Crippen LogP contribution < -0.4 is 11.4 Å². The second-order valence-corrected chi connectivity index (χ2v) is 2.00. The molecule has 0 spiro atoms. The van der Waals surface area contributed by atoms with Crippen molar-refractivity contribution in [3.05, 3.63) is 37.0 Å². The number of allylic oxidation sites excluding steroid dienone is 4. The molecule has 0 aromatic carbocycles. The fourth-order valence-corrected chi connectivity index (χ4v) is 0.504. The summed E-state index contributed by atoms with van der Waals surface area (Å²) in [5.41, 5.74) is 3.76. The first-order valence-corrected chi connectivity index (χ1v) is 3.20. The molecule has 0 bridgehead atoms. The number of hydrogen-bond acceptors (Lipinski definition) is 3. The van der Waals surface area contributed by atoms with Crippen molar-refractivity contribution in [1.82, 2.24) is 5.53 Å². The number of nitrogens with one attached hydrogen (secondary N) is 1. The molecule has 0 heterocycles. The van der Waals surface area contributed by atoms with Gasteiger partial charge in [-0.15, -0.1) is 0 Å². The molecular weight excluding hydrogens is 138 g/mol. The average molecular weight is 151 g/mol. The van der Waals surface area contributed by atoms with E-state index in [4.69, 9.17) is 5.84 Å². The Morgan fingerprint density at radius 3 is 2.64 bits per heavy atom. The number of nitrogens with two attached hydrogens (primary N) is 1. The minimum Gasteiger partial charge on any atom is -0.245 e. The highest BCUT2D eigenvalue weighted by Crippen LogP contribution is 1.94. The Kier molecular flexibility index (Phi) is 4.77. The van der Waals surface area contributed by atoms with Gasteiger partial charge >= 0.3 is 0 Å². The smallest absolute Gasteiger partial charge is 0.0868 e. The lowest BCUT2D eigenvalue weighted by molar-refractivity contribution is 0.806. The van der Waals surface area contributed by atoms with Crippen LogP contribution in [0, 0.1) is 0 Å². The van der Waals surface area contributed by atoms with Crippen LogP contribution in [0.5, 0.6) is 0 Å². The quantitative estimate of drug-likeness (QED) is 0.274. The molecule has 0 aliphatic rings. The molecule has 3 nitrogen and oxygen atoms in total. The van der Waals surface area contributed by atoms with Gasteiger partial charge in [0.05, 0.1) is 5.71 Å². The zero-order valence-electron chi connectivity index (χ0n) is 6.67. The van der Waals surface area contributed by atoms with Crippen LogP contribution in [-0.4, -0.2) is 5.71 Å². The van der Waals surface area contributed by atoms with E-state index in [1.165, 1.54) is 0 Å². The molecule has 60 valence electrons. The Morgan fingerprint density at radius 1 is 1.64 bits per heavy atom. The minimum atomic E-state index is 0.715. The van der Waals surface area contributed by atoms with Gasteiger partial charge in [0.25, 0.3) is 0 Å². The zero-order valence-corrected chi connectivity index (χ0v) is 6.67. The Balaban J connectivity index is 4.35. The van der Waals surface area contributed by atoms with Crippen LogP contribution in [0.25, 0.3) is 0 Å². The lowest BCUT2D eigenvalue weighted by Crippen LogP contribution is -2.16. The summed E-state index contributed by atoms with van der Waals surface area (Å²) in [7, 11) is 0. The van der Waals surface area contributed by atoms with Crippen LogP contribution in [0.15, 0.2) is 42.1 Å². The van der Waals surface area contributed by atoms with Gasteiger partial charge < -0.3 is 0 Å². The molecule has 0 saturated carbocycles. The van der Waals surface area contributed by atoms with Gasteiger partial charge in [-0.05, 0) is 18.6 Å². The molecule has 0 aromatic heterocycles. The monoisotopic (exact) mass is 151 g/mol. The molecule has 0 saturated heterocycles. The van der Waals surface area contributed by atoms with E-state index in [1.54, 1.807) is 18.2 Å². The van der Waals surface area contributed by atoms with Crippen molar-refractivity contribution >= 4 is 5.71 Å². The Hall–Kier alpha value is -1.35. The molecule has 0 amide bonds. The van der Waals surface area contributed by atoms with Crippen molar-refractivity contribution < 1.29 is 0 Å². The third kappa shape index (κ3) is 4.11. The third-order valence-corrected chi connectivity index (χ3v) is 1.01. The molecule has 0 unspecified atom stereocenters. The summed E-state index contributed by atoms with van der Waals surface area (Å²) >= 11 is 0. The average Bonchev–Trinajstić information content (AvgIpc) is 1.97. The molecule has 0 aliphatic heterocycles. The molecule has 11 heavy (non-hydrogen) atoms. The lowest BCUT2D eigenvalue weighted by Gasteiger charge is -1.97. The van der Waals surface area contributed by atoms with E-state index in [9.17, 15) is 0 Å². The maximum atomic E-state index is 5.00. The topological polar surface area (TPSA) is 50.4 Å². The van der Waals surface area contributed by atoms with Crippen molar-refractivity contribution in [3.63, 3.8) is 0 Å². The van der Waals surface area contributed by atoms with Crippen molar-refractivity contribution in [1.29, 1.82) is 0 Å². The van der Waals surface area contributed by atoms with E-state index in [0.717, 1.165) is 5.57 Å². The summed E-state index contributed by atoms with van der Waals surface area (Å²) in [5, 5.41) is 3.77. The van der Waals surface area contributed by atoms with E-state index >= 15 is 0 Å². The summed E-state index contributed by atoms with van der Waals surface area (Å²) < 4.78 is 0. The van der Waals surface area contributed by atoms with Crippen molar-refractivity contribution in [2.75, 3.05) is 0 Å². The molecular formula is C8H13N3. The predicted molar refractivity (Wildman–Crippen MR) is 48.9 cm³/mol. The lowest BCUT2D eigenvalue weighted by atomic mass is 10.2. The maximum Gasteiger partial charge on any atom is 0.0868 e. The summed E-state index contributed by atoms with van der Waals surface area (Å²) in [6.07, 6.45) is 5.20. The van der Waals surface area contributed by atoms with Gasteiger partial charge in [0.1, 0.15) is 0 Å². The van der Waals surface area contributed by atoms with Crippen LogP contribution in [0.4, 0.5) is 0 Å².